The van der Waals surface area contributed by atoms with Gasteiger partial charge < -0.3 is 13.9 Å². The van der Waals surface area contributed by atoms with Crippen LogP contribution in [0.25, 0.3) is 17.4 Å². The quantitative estimate of drug-likeness (QED) is 0.141. The zero-order valence-electron chi connectivity index (χ0n) is 23.0. The van der Waals surface area contributed by atoms with Crippen molar-refractivity contribution >= 4 is 40.7 Å². The van der Waals surface area contributed by atoms with Gasteiger partial charge in [-0.05, 0) is 43.7 Å². The number of nitrogens with zero attached hydrogens (tertiary/aromatic N) is 3. The predicted molar refractivity (Wildman–Crippen MR) is 158 cm³/mol. The molecule has 10 nitrogen and oxygen atoms in total. The molecule has 1 aliphatic heterocycles. The van der Waals surface area contributed by atoms with Gasteiger partial charge in [0.15, 0.2) is 4.80 Å². The van der Waals surface area contributed by atoms with E-state index in [9.17, 15) is 19.7 Å². The number of benzene rings is 2. The number of carbonyl (C=O) groups excluding carboxylic acids is 1. The largest absolute Gasteiger partial charge is 0.496 e. The molecule has 0 aliphatic carbocycles. The topological polar surface area (TPSA) is 126 Å². The number of nitro groups is 1. The summed E-state index contributed by atoms with van der Waals surface area (Å²) in [5.74, 6) is 0.526. The number of ether oxygens (including phenoxy) is 2. The molecule has 0 N–H and O–H groups in total. The second-order valence-electron chi connectivity index (χ2n) is 9.28. The number of esters is 1. The highest BCUT2D eigenvalue weighted by Crippen LogP contribution is 2.37. The monoisotopic (exact) mass is 607 g/mol. The van der Waals surface area contributed by atoms with E-state index in [4.69, 9.17) is 30.5 Å². The summed E-state index contributed by atoms with van der Waals surface area (Å²) in [4.78, 5) is 43.5. The molecule has 1 unspecified atom stereocenters. The minimum Gasteiger partial charge on any atom is -0.496 e. The first-order valence-corrected chi connectivity index (χ1v) is 14.4. The Balaban J connectivity index is 1.69. The zero-order chi connectivity index (χ0) is 30.0. The zero-order valence-corrected chi connectivity index (χ0v) is 24.5. The van der Waals surface area contributed by atoms with Crippen molar-refractivity contribution in [2.75, 3.05) is 13.7 Å². The van der Waals surface area contributed by atoms with Gasteiger partial charge in [-0.1, -0.05) is 54.5 Å². The third-order valence-electron chi connectivity index (χ3n) is 6.65. The first-order chi connectivity index (χ1) is 20.3. The molecule has 0 saturated heterocycles. The molecule has 1 atom stereocenters. The Morgan fingerprint density at radius 2 is 2.00 bits per heavy atom. The average molecular weight is 608 g/mol. The van der Waals surface area contributed by atoms with E-state index in [0.29, 0.717) is 38.5 Å². The molecule has 0 fully saturated rings. The van der Waals surface area contributed by atoms with E-state index in [1.54, 1.807) is 31.2 Å². The molecular weight excluding hydrogens is 582 g/mol. The number of hydrogen-bond acceptors (Lipinski definition) is 9. The molecule has 2 aromatic heterocycles. The van der Waals surface area contributed by atoms with Crippen LogP contribution >= 0.6 is 22.9 Å². The number of fused-ring (bicyclic) bond motifs is 1. The van der Waals surface area contributed by atoms with E-state index in [2.05, 4.69) is 0 Å². The SMILES string of the molecule is CCCC1=C(C(=O)OCC)C(c2ccccc2OC)n2c(s/c(=C\c3ccc(-c4ccc(Cl)cc4[N+](=O)[O-])o3)c2=O)=N1. The lowest BCUT2D eigenvalue weighted by Crippen LogP contribution is -2.40. The third-order valence-corrected chi connectivity index (χ3v) is 7.87. The fourth-order valence-corrected chi connectivity index (χ4v) is 6.04. The molecule has 2 aromatic carbocycles. The summed E-state index contributed by atoms with van der Waals surface area (Å²) in [7, 11) is 1.53. The van der Waals surface area contributed by atoms with Gasteiger partial charge in [0.05, 0.1) is 40.0 Å². The Hall–Kier alpha value is -4.48. The van der Waals surface area contributed by atoms with E-state index < -0.39 is 16.9 Å². The van der Waals surface area contributed by atoms with Gasteiger partial charge in [0.2, 0.25) is 0 Å². The van der Waals surface area contributed by atoms with Crippen molar-refractivity contribution in [3.63, 3.8) is 0 Å². The summed E-state index contributed by atoms with van der Waals surface area (Å²) < 4.78 is 18.7. The number of carbonyl (C=O) groups is 1. The number of hydrogen-bond donors (Lipinski definition) is 0. The summed E-state index contributed by atoms with van der Waals surface area (Å²) >= 11 is 7.11. The second-order valence-corrected chi connectivity index (χ2v) is 10.7. The van der Waals surface area contributed by atoms with Crippen molar-refractivity contribution in [3.8, 4) is 17.1 Å². The van der Waals surface area contributed by atoms with Gasteiger partial charge in [-0.15, -0.1) is 0 Å². The molecule has 216 valence electrons. The lowest BCUT2D eigenvalue weighted by atomic mass is 9.93. The Kier molecular flexibility index (Phi) is 8.41. The number of methoxy groups -OCH3 is 1. The van der Waals surface area contributed by atoms with Crippen LogP contribution in [0.15, 0.2) is 80.1 Å². The highest BCUT2D eigenvalue weighted by atomic mass is 35.5. The summed E-state index contributed by atoms with van der Waals surface area (Å²) in [6.07, 6.45) is 2.79. The molecule has 42 heavy (non-hydrogen) atoms. The number of thiazole rings is 1. The molecule has 4 aromatic rings. The molecule has 5 rings (SSSR count). The van der Waals surface area contributed by atoms with Gasteiger partial charge in [-0.25, -0.2) is 9.79 Å². The standard InChI is InChI=1S/C30H26ClN3O7S/c1-4-8-21-26(29(36)40-5-2)27(20-9-6-7-10-23(20)39-3)33-28(35)25(42-30(33)32-21)16-18-12-14-24(41-18)19-13-11-17(31)15-22(19)34(37)38/h6-7,9-16,27H,4-5,8H2,1-3H3/b25-16-. The fraction of sp³-hybridized carbons (Fsp3) is 0.233. The van der Waals surface area contributed by atoms with Crippen molar-refractivity contribution in [2.24, 2.45) is 4.99 Å². The van der Waals surface area contributed by atoms with Crippen LogP contribution in [0.4, 0.5) is 5.69 Å². The molecule has 3 heterocycles. The van der Waals surface area contributed by atoms with Gasteiger partial charge in [-0.2, -0.15) is 0 Å². The van der Waals surface area contributed by atoms with Crippen LogP contribution in [0.5, 0.6) is 5.75 Å². The van der Waals surface area contributed by atoms with Gasteiger partial charge in [0.1, 0.15) is 23.3 Å². The number of para-hydroxylation sites is 1. The maximum Gasteiger partial charge on any atom is 0.338 e. The molecule has 0 saturated carbocycles. The van der Waals surface area contributed by atoms with Crippen molar-refractivity contribution in [3.05, 3.63) is 112 Å². The normalized spacial score (nSPS) is 14.9. The summed E-state index contributed by atoms with van der Waals surface area (Å²) in [5.41, 5.74) is 1.13. The third kappa shape index (κ3) is 5.40. The smallest absolute Gasteiger partial charge is 0.338 e. The molecule has 12 heteroatoms. The highest BCUT2D eigenvalue weighted by Gasteiger charge is 2.35. The highest BCUT2D eigenvalue weighted by molar-refractivity contribution is 7.07. The average Bonchev–Trinajstić information content (AvgIpc) is 3.56. The van der Waals surface area contributed by atoms with E-state index in [1.165, 1.54) is 29.9 Å². The van der Waals surface area contributed by atoms with Crippen molar-refractivity contribution < 1.29 is 23.6 Å². The Morgan fingerprint density at radius 3 is 2.71 bits per heavy atom. The number of allylic oxidation sites excluding steroid dienone is 1. The van der Waals surface area contributed by atoms with Crippen LogP contribution in [-0.4, -0.2) is 29.2 Å². The van der Waals surface area contributed by atoms with Crippen molar-refractivity contribution in [2.45, 2.75) is 32.7 Å². The molecular formula is C30H26ClN3O7S. The molecule has 0 amide bonds. The van der Waals surface area contributed by atoms with Crippen LogP contribution in [0, 0.1) is 10.1 Å². The lowest BCUT2D eigenvalue weighted by molar-refractivity contribution is -0.384. The lowest BCUT2D eigenvalue weighted by Gasteiger charge is -2.26. The first kappa shape index (κ1) is 29.0. The number of halogens is 1. The van der Waals surface area contributed by atoms with Gasteiger partial charge in [-0.3, -0.25) is 19.5 Å². The second kappa shape index (κ2) is 12.2. The summed E-state index contributed by atoms with van der Waals surface area (Å²) in [6.45, 7) is 3.87. The number of furan rings is 1. The Bertz CT molecular complexity index is 1900. The molecule has 1 aliphatic rings. The fourth-order valence-electron chi connectivity index (χ4n) is 4.88. The molecule has 0 bridgehead atoms. The molecule has 0 radical (unpaired) electrons. The number of aromatic nitrogens is 1. The van der Waals surface area contributed by atoms with Crippen LogP contribution in [0.3, 0.4) is 0 Å². The van der Waals surface area contributed by atoms with Crippen molar-refractivity contribution in [1.82, 2.24) is 4.57 Å². The van der Waals surface area contributed by atoms with Crippen LogP contribution in [0.1, 0.15) is 44.1 Å². The Labute approximate surface area is 248 Å². The Morgan fingerprint density at radius 1 is 1.21 bits per heavy atom. The minimum atomic E-state index is -0.830. The maximum absolute atomic E-state index is 14.0. The first-order valence-electron chi connectivity index (χ1n) is 13.2. The van der Waals surface area contributed by atoms with Crippen LogP contribution in [-0.2, 0) is 9.53 Å². The predicted octanol–water partition coefficient (Wildman–Crippen LogP) is 5.41. The van der Waals surface area contributed by atoms with Gasteiger partial charge >= 0.3 is 5.97 Å². The summed E-state index contributed by atoms with van der Waals surface area (Å²) in [5, 5.41) is 11.8. The maximum atomic E-state index is 14.0. The van der Waals surface area contributed by atoms with E-state index >= 15 is 0 Å². The molecule has 0 spiro atoms. The number of rotatable bonds is 9. The van der Waals surface area contributed by atoms with Gasteiger partial charge in [0, 0.05) is 22.7 Å². The minimum absolute atomic E-state index is 0.164. The van der Waals surface area contributed by atoms with Gasteiger partial charge in [0.25, 0.3) is 11.2 Å². The summed E-state index contributed by atoms with van der Waals surface area (Å²) in [6, 6.07) is 13.9. The van der Waals surface area contributed by atoms with E-state index in [-0.39, 0.29) is 39.8 Å². The van der Waals surface area contributed by atoms with Crippen molar-refractivity contribution in [1.29, 1.82) is 0 Å². The van der Waals surface area contributed by atoms with Crippen LogP contribution in [0.2, 0.25) is 5.02 Å². The van der Waals surface area contributed by atoms with E-state index in [1.807, 2.05) is 25.1 Å². The van der Waals surface area contributed by atoms with E-state index in [0.717, 1.165) is 17.8 Å². The number of nitro benzene ring substituents is 1. The van der Waals surface area contributed by atoms with Crippen LogP contribution < -0.4 is 19.6 Å².